The third-order valence-corrected chi connectivity index (χ3v) is 7.77. The highest BCUT2D eigenvalue weighted by atomic mass is 31.2. The number of rotatable bonds is 8. The molecule has 0 heterocycles. The van der Waals surface area contributed by atoms with Crippen LogP contribution >= 0.6 is 7.82 Å². The van der Waals surface area contributed by atoms with Crippen molar-refractivity contribution < 1.29 is 28.3 Å². The lowest BCUT2D eigenvalue weighted by Gasteiger charge is -2.43. The van der Waals surface area contributed by atoms with Gasteiger partial charge in [-0.15, -0.1) is 0 Å². The Labute approximate surface area is 206 Å². The van der Waals surface area contributed by atoms with E-state index in [0.29, 0.717) is 25.0 Å². The smallest absolute Gasteiger partial charge is 0.317 e. The number of allylic oxidation sites excluding steroid dienone is 3. The van der Waals surface area contributed by atoms with Gasteiger partial charge in [-0.1, -0.05) is 47.9 Å². The standard InChI is InChI=1S/C28H33O6P/c29-35(30,31)34-24-13-6-10-22(19-24)28(33-17-16-32-23-11-2-1-3-12-23)27-21-9-7-15-26(27)25-14-5-4-8-20(25)18-21/h1-3,6,10-13,19,21,26H,4-5,7-9,14-18H2,(H2,29,30,31)/p-1/b28-27+. The number of fused-ring (bicyclic) bond motifs is 3. The summed E-state index contributed by atoms with van der Waals surface area (Å²) >= 11 is 0. The average molecular weight is 496 g/mol. The molecule has 0 amide bonds. The fraction of sp³-hybridized carbons (Fsp3) is 0.429. The zero-order valence-corrected chi connectivity index (χ0v) is 20.8. The number of hydrogen-bond donors (Lipinski definition) is 1. The van der Waals surface area contributed by atoms with Crippen molar-refractivity contribution in [1.82, 2.24) is 0 Å². The number of phosphoric ester groups is 1. The van der Waals surface area contributed by atoms with Gasteiger partial charge in [0.05, 0.1) is 0 Å². The van der Waals surface area contributed by atoms with Crippen LogP contribution in [0, 0.1) is 11.8 Å². The Kier molecular flexibility index (Phi) is 7.33. The van der Waals surface area contributed by atoms with E-state index in [9.17, 15) is 14.4 Å². The molecule has 7 heteroatoms. The van der Waals surface area contributed by atoms with Gasteiger partial charge in [-0.25, -0.2) is 0 Å². The van der Waals surface area contributed by atoms with Crippen LogP contribution in [0.4, 0.5) is 0 Å². The van der Waals surface area contributed by atoms with E-state index in [1.54, 1.807) is 23.3 Å². The third-order valence-electron chi connectivity index (χ3n) is 7.32. The normalized spacial score (nSPS) is 24.7. The maximum absolute atomic E-state index is 11.3. The monoisotopic (exact) mass is 495 g/mol. The highest BCUT2D eigenvalue weighted by molar-refractivity contribution is 7.45. The molecule has 0 saturated heterocycles. The molecule has 3 unspecified atom stereocenters. The molecule has 1 N–H and O–H groups in total. The molecule has 0 aliphatic heterocycles. The highest BCUT2D eigenvalue weighted by Gasteiger charge is 2.39. The Morgan fingerprint density at radius 2 is 1.77 bits per heavy atom. The Morgan fingerprint density at radius 3 is 2.60 bits per heavy atom. The van der Waals surface area contributed by atoms with Crippen molar-refractivity contribution >= 4 is 13.6 Å². The first-order valence-electron chi connectivity index (χ1n) is 12.6. The van der Waals surface area contributed by atoms with Crippen LogP contribution in [-0.4, -0.2) is 18.1 Å². The van der Waals surface area contributed by atoms with Crippen LogP contribution < -0.4 is 14.2 Å². The van der Waals surface area contributed by atoms with Crippen LogP contribution in [0.2, 0.25) is 0 Å². The summed E-state index contributed by atoms with van der Waals surface area (Å²) in [6.45, 7) is 0.761. The minimum atomic E-state index is -4.90. The first-order chi connectivity index (χ1) is 17.0. The van der Waals surface area contributed by atoms with Gasteiger partial charge >= 0.3 is 7.82 Å². The second-order valence-corrected chi connectivity index (χ2v) is 10.7. The molecule has 186 valence electrons. The molecule has 3 atom stereocenters. The molecule has 0 spiro atoms. The van der Waals surface area contributed by atoms with Crippen LogP contribution in [0.1, 0.15) is 56.9 Å². The van der Waals surface area contributed by atoms with Crippen molar-refractivity contribution in [3.8, 4) is 11.5 Å². The molecule has 2 aromatic rings. The molecule has 3 aliphatic carbocycles. The van der Waals surface area contributed by atoms with Crippen molar-refractivity contribution in [2.75, 3.05) is 13.2 Å². The summed E-state index contributed by atoms with van der Waals surface area (Å²) in [5.74, 6) is 2.49. The van der Waals surface area contributed by atoms with E-state index >= 15 is 0 Å². The molecule has 6 nitrogen and oxygen atoms in total. The van der Waals surface area contributed by atoms with Crippen LogP contribution in [-0.2, 0) is 9.30 Å². The highest BCUT2D eigenvalue weighted by Crippen LogP contribution is 2.53. The van der Waals surface area contributed by atoms with Crippen molar-refractivity contribution in [3.05, 3.63) is 76.9 Å². The summed E-state index contributed by atoms with van der Waals surface area (Å²) in [5, 5.41) is 0. The van der Waals surface area contributed by atoms with Gasteiger partial charge in [-0.05, 0) is 80.7 Å². The van der Waals surface area contributed by atoms with E-state index in [1.807, 2.05) is 36.4 Å². The fourth-order valence-corrected chi connectivity index (χ4v) is 6.38. The number of ether oxygens (including phenoxy) is 2. The van der Waals surface area contributed by atoms with E-state index in [-0.39, 0.29) is 5.75 Å². The van der Waals surface area contributed by atoms with Gasteiger partial charge in [0.15, 0.2) is 0 Å². The van der Waals surface area contributed by atoms with E-state index in [2.05, 4.69) is 0 Å². The lowest BCUT2D eigenvalue weighted by atomic mass is 9.62. The van der Waals surface area contributed by atoms with Gasteiger partial charge in [0.2, 0.25) is 0 Å². The molecule has 3 aliphatic rings. The van der Waals surface area contributed by atoms with Crippen LogP contribution in [0.5, 0.6) is 11.5 Å². The van der Waals surface area contributed by atoms with Crippen LogP contribution in [0.15, 0.2) is 71.3 Å². The minimum absolute atomic E-state index is 0.0732. The summed E-state index contributed by atoms with van der Waals surface area (Å²) in [5.41, 5.74) is 5.37. The first-order valence-corrected chi connectivity index (χ1v) is 14.1. The van der Waals surface area contributed by atoms with E-state index in [1.165, 1.54) is 37.3 Å². The summed E-state index contributed by atoms with van der Waals surface area (Å²) in [7, 11) is -4.90. The van der Waals surface area contributed by atoms with E-state index in [0.717, 1.165) is 42.8 Å². The van der Waals surface area contributed by atoms with Crippen LogP contribution in [0.3, 0.4) is 0 Å². The summed E-state index contributed by atoms with van der Waals surface area (Å²) < 4.78 is 28.4. The molecule has 5 rings (SSSR count). The van der Waals surface area contributed by atoms with Gasteiger partial charge in [0.25, 0.3) is 0 Å². The molecule has 1 saturated carbocycles. The van der Waals surface area contributed by atoms with Crippen molar-refractivity contribution in [1.29, 1.82) is 0 Å². The minimum Gasteiger partial charge on any atom is -0.746 e. The molecular weight excluding hydrogens is 463 g/mol. The Bertz CT molecular complexity index is 1150. The SMILES string of the molecule is O=P([O-])(O)Oc1cccc(/C(OCCOc2ccccc2)=C2/C3CCCC2C2=C(CCCC2)C3)c1. The fourth-order valence-electron chi connectivity index (χ4n) is 6.00. The van der Waals surface area contributed by atoms with E-state index in [4.69, 9.17) is 14.0 Å². The van der Waals surface area contributed by atoms with Crippen molar-refractivity contribution in [3.63, 3.8) is 0 Å². The lowest BCUT2D eigenvalue weighted by molar-refractivity contribution is -0.211. The molecule has 2 bridgehead atoms. The average Bonchev–Trinajstić information content (AvgIpc) is 2.84. The number of benzene rings is 2. The molecule has 1 fully saturated rings. The van der Waals surface area contributed by atoms with E-state index < -0.39 is 7.82 Å². The van der Waals surface area contributed by atoms with Crippen LogP contribution in [0.25, 0.3) is 5.76 Å². The lowest BCUT2D eigenvalue weighted by Crippen LogP contribution is -2.30. The van der Waals surface area contributed by atoms with Crippen molar-refractivity contribution in [2.24, 2.45) is 11.8 Å². The van der Waals surface area contributed by atoms with Gasteiger partial charge in [0.1, 0.15) is 30.5 Å². The number of phosphoric acid groups is 1. The zero-order chi connectivity index (χ0) is 24.3. The quantitative estimate of drug-likeness (QED) is 0.208. The summed E-state index contributed by atoms with van der Waals surface area (Å²) in [6.07, 6.45) is 9.48. The third kappa shape index (κ3) is 5.83. The molecule has 35 heavy (non-hydrogen) atoms. The maximum Gasteiger partial charge on any atom is 0.317 e. The zero-order valence-electron chi connectivity index (χ0n) is 19.9. The number of para-hydroxylation sites is 1. The predicted molar refractivity (Wildman–Crippen MR) is 133 cm³/mol. The topological polar surface area (TPSA) is 88.1 Å². The van der Waals surface area contributed by atoms with Crippen molar-refractivity contribution in [2.45, 2.75) is 51.4 Å². The summed E-state index contributed by atoms with van der Waals surface area (Å²) in [4.78, 5) is 20.5. The predicted octanol–water partition coefficient (Wildman–Crippen LogP) is 6.02. The van der Waals surface area contributed by atoms with Gasteiger partial charge < -0.3 is 23.8 Å². The Morgan fingerprint density at radius 1 is 0.971 bits per heavy atom. The first kappa shape index (κ1) is 24.2. The molecular formula is C28H32O6P-. The Balaban J connectivity index is 1.47. The number of hydrogen-bond acceptors (Lipinski definition) is 5. The second kappa shape index (κ2) is 10.6. The summed E-state index contributed by atoms with van der Waals surface area (Å²) in [6, 6.07) is 16.5. The molecule has 2 aromatic carbocycles. The second-order valence-electron chi connectivity index (χ2n) is 9.60. The Hall–Kier alpha value is -2.53. The molecule has 0 aromatic heterocycles. The molecule has 0 radical (unpaired) electrons. The van der Waals surface area contributed by atoms with Gasteiger partial charge in [-0.3, -0.25) is 4.57 Å². The van der Waals surface area contributed by atoms with Gasteiger partial charge in [-0.2, -0.15) is 0 Å². The maximum atomic E-state index is 11.3. The largest absolute Gasteiger partial charge is 0.746 e. The van der Waals surface area contributed by atoms with Gasteiger partial charge in [0, 0.05) is 11.5 Å².